The highest BCUT2D eigenvalue weighted by Gasteiger charge is 2.25. The lowest BCUT2D eigenvalue weighted by Gasteiger charge is -2.20. The average Bonchev–Trinajstić information content (AvgIpc) is 3.16. The van der Waals surface area contributed by atoms with Gasteiger partial charge in [0.2, 0.25) is 5.91 Å². The maximum Gasteiger partial charge on any atom is 0.407 e. The van der Waals surface area contributed by atoms with E-state index in [-0.39, 0.29) is 25.5 Å². The molecule has 2 aromatic rings. The van der Waals surface area contributed by atoms with Crippen LogP contribution < -0.4 is 10.2 Å². The molecule has 2 atom stereocenters. The van der Waals surface area contributed by atoms with Crippen molar-refractivity contribution in [3.63, 3.8) is 0 Å². The molecule has 2 amide bonds. The van der Waals surface area contributed by atoms with Gasteiger partial charge in [-0.2, -0.15) is 0 Å². The molecule has 0 radical (unpaired) electrons. The van der Waals surface area contributed by atoms with Gasteiger partial charge in [0.1, 0.15) is 12.7 Å². The van der Waals surface area contributed by atoms with Gasteiger partial charge >= 0.3 is 6.09 Å². The minimum atomic E-state index is -1.08. The largest absolute Gasteiger partial charge is 0.445 e. The van der Waals surface area contributed by atoms with Gasteiger partial charge in [0, 0.05) is 25.7 Å². The van der Waals surface area contributed by atoms with E-state index in [0.717, 1.165) is 23.2 Å². The minimum Gasteiger partial charge on any atom is -0.445 e. The number of amides is 2. The summed E-state index contributed by atoms with van der Waals surface area (Å²) in [6.07, 6.45) is -1.78. The molecule has 7 nitrogen and oxygen atoms in total. The fourth-order valence-corrected chi connectivity index (χ4v) is 3.41. The first kappa shape index (κ1) is 20.8. The lowest BCUT2D eigenvalue weighted by Crippen LogP contribution is -2.29. The number of nitrogens with zero attached hydrogens (tertiary/aromatic N) is 1. The molecular formula is C22H26N2O5. The van der Waals surface area contributed by atoms with E-state index >= 15 is 0 Å². The Hall–Kier alpha value is -2.90. The highest BCUT2D eigenvalue weighted by molar-refractivity contribution is 5.93. The van der Waals surface area contributed by atoms with Gasteiger partial charge in [-0.25, -0.2) is 4.79 Å². The molecule has 0 saturated carbocycles. The van der Waals surface area contributed by atoms with Crippen LogP contribution in [0.3, 0.4) is 0 Å². The summed E-state index contributed by atoms with van der Waals surface area (Å²) in [4.78, 5) is 25.1. The number of fused-ring (bicyclic) bond motifs is 1. The van der Waals surface area contributed by atoms with E-state index in [1.54, 1.807) is 17.0 Å². The monoisotopic (exact) mass is 398 g/mol. The van der Waals surface area contributed by atoms with E-state index in [9.17, 15) is 19.8 Å². The standard InChI is InChI=1S/C22H26N2O5/c1-15(25)24-12-10-17-13-18(7-8-19(17)24)21(27)20(26)9-11-23-22(28)29-14-16-5-3-2-4-6-16/h2-8,13,20-21,26-27H,9-12,14H2,1H3,(H,23,28). The third-order valence-electron chi connectivity index (χ3n) is 5.01. The zero-order valence-corrected chi connectivity index (χ0v) is 16.4. The number of nitrogens with one attached hydrogen (secondary N) is 1. The lowest BCUT2D eigenvalue weighted by atomic mass is 9.99. The summed E-state index contributed by atoms with van der Waals surface area (Å²) in [5.74, 6) is -0.0118. The number of carbonyl (C=O) groups is 2. The predicted molar refractivity (Wildman–Crippen MR) is 108 cm³/mol. The fourth-order valence-electron chi connectivity index (χ4n) is 3.41. The number of hydrogen-bond donors (Lipinski definition) is 3. The molecule has 3 N–H and O–H groups in total. The Balaban J connectivity index is 1.45. The van der Waals surface area contributed by atoms with Gasteiger partial charge < -0.3 is 25.2 Å². The SMILES string of the molecule is CC(=O)N1CCc2cc(C(O)C(O)CCNC(=O)OCc3ccccc3)ccc21. The smallest absolute Gasteiger partial charge is 0.407 e. The van der Waals surface area contributed by atoms with Crippen molar-refractivity contribution in [2.24, 2.45) is 0 Å². The van der Waals surface area contributed by atoms with Gasteiger partial charge in [-0.1, -0.05) is 42.5 Å². The van der Waals surface area contributed by atoms with Crippen LogP contribution in [0.1, 0.15) is 36.1 Å². The van der Waals surface area contributed by atoms with E-state index in [2.05, 4.69) is 5.32 Å². The summed E-state index contributed by atoms with van der Waals surface area (Å²) < 4.78 is 5.11. The number of rotatable bonds is 7. The van der Waals surface area contributed by atoms with Crippen LogP contribution in [-0.4, -0.2) is 41.4 Å². The second-order valence-electron chi connectivity index (χ2n) is 7.10. The van der Waals surface area contributed by atoms with Gasteiger partial charge in [0.05, 0.1) is 6.10 Å². The second kappa shape index (κ2) is 9.54. The Morgan fingerprint density at radius 1 is 1.17 bits per heavy atom. The molecule has 2 aromatic carbocycles. The van der Waals surface area contributed by atoms with Gasteiger partial charge in [-0.15, -0.1) is 0 Å². The Labute approximate surface area is 169 Å². The Bertz CT molecular complexity index is 856. The minimum absolute atomic E-state index is 0.0118. The van der Waals surface area contributed by atoms with Gasteiger partial charge in [-0.3, -0.25) is 4.79 Å². The number of alkyl carbamates (subject to hydrolysis) is 1. The molecule has 29 heavy (non-hydrogen) atoms. The van der Waals surface area contributed by atoms with Crippen molar-refractivity contribution in [3.05, 3.63) is 65.2 Å². The molecule has 0 aromatic heterocycles. The zero-order valence-electron chi connectivity index (χ0n) is 16.4. The average molecular weight is 398 g/mol. The number of hydrogen-bond acceptors (Lipinski definition) is 5. The van der Waals surface area contributed by atoms with E-state index in [1.165, 1.54) is 6.92 Å². The van der Waals surface area contributed by atoms with E-state index in [4.69, 9.17) is 4.74 Å². The number of anilines is 1. The number of benzene rings is 2. The van der Waals surface area contributed by atoms with Crippen molar-refractivity contribution in [2.75, 3.05) is 18.0 Å². The van der Waals surface area contributed by atoms with Crippen molar-refractivity contribution in [1.29, 1.82) is 0 Å². The fraction of sp³-hybridized carbons (Fsp3) is 0.364. The molecule has 7 heteroatoms. The molecule has 0 aliphatic carbocycles. The first-order valence-electron chi connectivity index (χ1n) is 9.67. The lowest BCUT2D eigenvalue weighted by molar-refractivity contribution is -0.116. The summed E-state index contributed by atoms with van der Waals surface area (Å²) >= 11 is 0. The van der Waals surface area contributed by atoms with Crippen LogP contribution in [0, 0.1) is 0 Å². The third-order valence-corrected chi connectivity index (χ3v) is 5.01. The van der Waals surface area contributed by atoms with E-state index in [1.807, 2.05) is 36.4 Å². The zero-order chi connectivity index (χ0) is 20.8. The molecule has 0 spiro atoms. The maximum absolute atomic E-state index is 11.7. The first-order valence-corrected chi connectivity index (χ1v) is 9.67. The van der Waals surface area contributed by atoms with Crippen molar-refractivity contribution in [2.45, 2.75) is 38.6 Å². The quantitative estimate of drug-likeness (QED) is 0.665. The van der Waals surface area contributed by atoms with Crippen LogP contribution in [0.2, 0.25) is 0 Å². The predicted octanol–water partition coefficient (Wildman–Crippen LogP) is 2.31. The molecule has 1 heterocycles. The molecule has 2 unspecified atom stereocenters. The molecule has 0 fully saturated rings. The molecule has 3 rings (SSSR count). The van der Waals surface area contributed by atoms with E-state index < -0.39 is 18.3 Å². The highest BCUT2D eigenvalue weighted by Crippen LogP contribution is 2.31. The topological polar surface area (TPSA) is 99.1 Å². The second-order valence-corrected chi connectivity index (χ2v) is 7.10. The van der Waals surface area contributed by atoms with Crippen molar-refractivity contribution < 1.29 is 24.5 Å². The van der Waals surface area contributed by atoms with Crippen LogP contribution in [0.25, 0.3) is 0 Å². The maximum atomic E-state index is 11.7. The van der Waals surface area contributed by atoms with Crippen molar-refractivity contribution >= 4 is 17.7 Å². The summed E-state index contributed by atoms with van der Waals surface area (Å²) in [5, 5.41) is 23.3. The first-order chi connectivity index (χ1) is 14.0. The van der Waals surface area contributed by atoms with Gasteiger partial charge in [-0.05, 0) is 35.6 Å². The molecule has 154 valence electrons. The summed E-state index contributed by atoms with van der Waals surface area (Å²) in [5.41, 5.74) is 3.31. The number of carbonyl (C=O) groups excluding carboxylic acids is 2. The summed E-state index contributed by atoms with van der Waals surface area (Å²) in [6.45, 7) is 2.50. The van der Waals surface area contributed by atoms with Crippen LogP contribution in [0.15, 0.2) is 48.5 Å². The van der Waals surface area contributed by atoms with Crippen LogP contribution in [0.5, 0.6) is 0 Å². The van der Waals surface area contributed by atoms with Crippen molar-refractivity contribution in [3.8, 4) is 0 Å². The normalized spacial score (nSPS) is 14.8. The molecule has 0 bridgehead atoms. The Kier molecular flexibility index (Phi) is 6.85. The Morgan fingerprint density at radius 2 is 1.93 bits per heavy atom. The molecular weight excluding hydrogens is 372 g/mol. The van der Waals surface area contributed by atoms with Gasteiger partial charge in [0.25, 0.3) is 0 Å². The van der Waals surface area contributed by atoms with Crippen LogP contribution in [0.4, 0.5) is 10.5 Å². The highest BCUT2D eigenvalue weighted by atomic mass is 16.5. The van der Waals surface area contributed by atoms with Gasteiger partial charge in [0.15, 0.2) is 0 Å². The van der Waals surface area contributed by atoms with E-state index in [0.29, 0.717) is 12.1 Å². The number of ether oxygens (including phenoxy) is 1. The van der Waals surface area contributed by atoms with Crippen molar-refractivity contribution in [1.82, 2.24) is 5.32 Å². The molecule has 1 aliphatic heterocycles. The summed E-state index contributed by atoms with van der Waals surface area (Å²) in [7, 11) is 0. The van der Waals surface area contributed by atoms with Crippen LogP contribution >= 0.6 is 0 Å². The number of aliphatic hydroxyl groups is 2. The third kappa shape index (κ3) is 5.34. The molecule has 0 saturated heterocycles. The molecule has 1 aliphatic rings. The number of aliphatic hydroxyl groups excluding tert-OH is 2. The Morgan fingerprint density at radius 3 is 2.66 bits per heavy atom. The van der Waals surface area contributed by atoms with Crippen LogP contribution in [-0.2, 0) is 22.6 Å². The summed E-state index contributed by atoms with van der Waals surface area (Å²) in [6, 6.07) is 14.7.